The number of para-hydroxylation sites is 1. The molecule has 0 spiro atoms. The normalized spacial score (nSPS) is 17.6. The molecule has 2 aliphatic heterocycles. The number of carbonyl (C=O) groups excluding carboxylic acids is 1. The summed E-state index contributed by atoms with van der Waals surface area (Å²) < 4.78 is 7.14. The topological polar surface area (TPSA) is 92.2 Å². The summed E-state index contributed by atoms with van der Waals surface area (Å²) in [5.74, 6) is 0.943. The summed E-state index contributed by atoms with van der Waals surface area (Å²) in [6.07, 6.45) is 1.29. The molecule has 1 amide bonds. The first-order valence-corrected chi connectivity index (χ1v) is 10.2. The van der Waals surface area contributed by atoms with Crippen molar-refractivity contribution in [3.8, 4) is 0 Å². The molecule has 0 bridgehead atoms. The Bertz CT molecular complexity index is 1010. The molecule has 9 nitrogen and oxygen atoms in total. The van der Waals surface area contributed by atoms with Gasteiger partial charge in [0.25, 0.3) is 0 Å². The van der Waals surface area contributed by atoms with Gasteiger partial charge in [-0.05, 0) is 28.5 Å². The molecule has 2 aliphatic rings. The fourth-order valence-corrected chi connectivity index (χ4v) is 4.24. The highest BCUT2D eigenvalue weighted by Gasteiger charge is 2.24. The van der Waals surface area contributed by atoms with Crippen molar-refractivity contribution in [2.24, 2.45) is 0 Å². The van der Waals surface area contributed by atoms with Gasteiger partial charge in [0.05, 0.1) is 32.8 Å². The first-order chi connectivity index (χ1) is 14.3. The Kier molecular flexibility index (Phi) is 4.99. The summed E-state index contributed by atoms with van der Waals surface area (Å²) in [4.78, 5) is 20.5. The lowest BCUT2D eigenvalue weighted by Crippen LogP contribution is -2.37. The average Bonchev–Trinajstić information content (AvgIpc) is 3.36. The van der Waals surface area contributed by atoms with Gasteiger partial charge in [-0.1, -0.05) is 18.2 Å². The van der Waals surface area contributed by atoms with Crippen molar-refractivity contribution < 1.29 is 9.53 Å². The molecule has 1 aromatic carbocycles. The van der Waals surface area contributed by atoms with Gasteiger partial charge < -0.3 is 14.6 Å². The van der Waals surface area contributed by atoms with Gasteiger partial charge in [-0.3, -0.25) is 9.69 Å². The highest BCUT2D eigenvalue weighted by atomic mass is 16.5. The van der Waals surface area contributed by atoms with Crippen LogP contribution in [0.15, 0.2) is 24.3 Å². The number of nitrogens with zero attached hydrogens (tertiary/aromatic N) is 6. The molecule has 29 heavy (non-hydrogen) atoms. The van der Waals surface area contributed by atoms with Crippen molar-refractivity contribution in [1.82, 2.24) is 35.0 Å². The van der Waals surface area contributed by atoms with Crippen LogP contribution in [0.25, 0.3) is 10.9 Å². The predicted molar refractivity (Wildman–Crippen MR) is 106 cm³/mol. The largest absolute Gasteiger partial charge is 0.379 e. The molecule has 0 aliphatic carbocycles. The zero-order valence-electron chi connectivity index (χ0n) is 16.4. The Morgan fingerprint density at radius 1 is 1.17 bits per heavy atom. The lowest BCUT2D eigenvalue weighted by Gasteiger charge is -2.27. The van der Waals surface area contributed by atoms with Gasteiger partial charge in [0, 0.05) is 42.7 Å². The average molecular weight is 395 g/mol. The van der Waals surface area contributed by atoms with E-state index in [9.17, 15) is 4.79 Å². The van der Waals surface area contributed by atoms with Crippen LogP contribution < -0.4 is 0 Å². The number of nitrogens with one attached hydrogen (secondary N) is 1. The van der Waals surface area contributed by atoms with Crippen LogP contribution in [-0.4, -0.2) is 73.7 Å². The maximum atomic E-state index is 12.8. The van der Waals surface area contributed by atoms with Gasteiger partial charge in [-0.15, -0.1) is 5.10 Å². The minimum Gasteiger partial charge on any atom is -0.379 e. The third-order valence-corrected chi connectivity index (χ3v) is 5.85. The number of aromatic amines is 1. The molecule has 0 radical (unpaired) electrons. The van der Waals surface area contributed by atoms with Crippen LogP contribution in [0.4, 0.5) is 0 Å². The molecule has 1 N–H and O–H groups in total. The number of hydrogen-bond acceptors (Lipinski definition) is 6. The number of H-pyrrole nitrogens is 1. The van der Waals surface area contributed by atoms with Crippen LogP contribution in [0.2, 0.25) is 0 Å². The van der Waals surface area contributed by atoms with E-state index in [2.05, 4.69) is 43.6 Å². The zero-order chi connectivity index (χ0) is 19.6. The molecule has 5 rings (SSSR count). The second-order valence-electron chi connectivity index (χ2n) is 7.65. The van der Waals surface area contributed by atoms with Gasteiger partial charge in [0.15, 0.2) is 5.82 Å². The number of tetrazole rings is 1. The fraction of sp³-hybridized carbons (Fsp3) is 0.500. The van der Waals surface area contributed by atoms with Crippen molar-refractivity contribution in [2.75, 3.05) is 32.8 Å². The molecule has 2 aromatic heterocycles. The number of hydrogen-bond donors (Lipinski definition) is 1. The first-order valence-electron chi connectivity index (χ1n) is 10.2. The molecule has 152 valence electrons. The van der Waals surface area contributed by atoms with E-state index in [1.54, 1.807) is 4.68 Å². The Morgan fingerprint density at radius 3 is 2.93 bits per heavy atom. The number of fused-ring (bicyclic) bond motifs is 3. The van der Waals surface area contributed by atoms with Crippen molar-refractivity contribution in [3.05, 3.63) is 41.3 Å². The van der Waals surface area contributed by atoms with Crippen LogP contribution >= 0.6 is 0 Å². The number of benzene rings is 1. The smallest absolute Gasteiger partial charge is 0.224 e. The number of ether oxygens (including phenoxy) is 1. The Labute approximate surface area is 168 Å². The highest BCUT2D eigenvalue weighted by Crippen LogP contribution is 2.27. The van der Waals surface area contributed by atoms with E-state index in [1.165, 1.54) is 10.9 Å². The Hall–Kier alpha value is -2.78. The number of aryl methyl sites for hydroxylation is 1. The standard InChI is InChI=1S/C20H25N7O2/c28-20(6-8-27-19(22-23-24-27)14-25-9-11-29-12-10-25)26-7-5-16-15-3-1-2-4-17(15)21-18(16)13-26/h1-4,21H,5-14H2. The highest BCUT2D eigenvalue weighted by molar-refractivity contribution is 5.85. The van der Waals surface area contributed by atoms with E-state index in [-0.39, 0.29) is 5.91 Å². The maximum Gasteiger partial charge on any atom is 0.224 e. The van der Waals surface area contributed by atoms with Gasteiger partial charge in [-0.25, -0.2) is 4.68 Å². The van der Waals surface area contributed by atoms with E-state index in [1.807, 2.05) is 11.0 Å². The molecular formula is C20H25N7O2. The summed E-state index contributed by atoms with van der Waals surface area (Å²) in [7, 11) is 0. The minimum atomic E-state index is 0.141. The maximum absolute atomic E-state index is 12.8. The molecule has 0 saturated carbocycles. The lowest BCUT2D eigenvalue weighted by molar-refractivity contribution is -0.132. The summed E-state index contributed by atoms with van der Waals surface area (Å²) in [5.41, 5.74) is 3.65. The predicted octanol–water partition coefficient (Wildman–Crippen LogP) is 0.962. The first kappa shape index (κ1) is 18.3. The van der Waals surface area contributed by atoms with Crippen LogP contribution in [0.1, 0.15) is 23.5 Å². The summed E-state index contributed by atoms with van der Waals surface area (Å²) in [6, 6.07) is 8.34. The number of amides is 1. The van der Waals surface area contributed by atoms with Crippen molar-refractivity contribution in [3.63, 3.8) is 0 Å². The van der Waals surface area contributed by atoms with E-state index >= 15 is 0 Å². The number of aromatic nitrogens is 5. The SMILES string of the molecule is O=C(CCn1nnnc1CN1CCOCC1)N1CCc2c([nH]c3ccccc23)C1. The van der Waals surface area contributed by atoms with Crippen LogP contribution in [0.3, 0.4) is 0 Å². The molecule has 0 unspecified atom stereocenters. The molecule has 0 atom stereocenters. The zero-order valence-corrected chi connectivity index (χ0v) is 16.4. The van der Waals surface area contributed by atoms with E-state index in [4.69, 9.17) is 4.74 Å². The molecule has 9 heteroatoms. The van der Waals surface area contributed by atoms with Crippen molar-refractivity contribution in [2.45, 2.75) is 32.5 Å². The monoisotopic (exact) mass is 395 g/mol. The molecule has 1 fully saturated rings. The van der Waals surface area contributed by atoms with E-state index < -0.39 is 0 Å². The summed E-state index contributed by atoms with van der Waals surface area (Å²) in [5, 5.41) is 13.3. The van der Waals surface area contributed by atoms with Crippen molar-refractivity contribution >= 4 is 16.8 Å². The van der Waals surface area contributed by atoms with Crippen LogP contribution in [-0.2, 0) is 35.6 Å². The fourth-order valence-electron chi connectivity index (χ4n) is 4.24. The Morgan fingerprint density at radius 2 is 2.03 bits per heavy atom. The Balaban J connectivity index is 1.20. The number of rotatable bonds is 5. The van der Waals surface area contributed by atoms with Crippen LogP contribution in [0, 0.1) is 0 Å². The van der Waals surface area contributed by atoms with E-state index in [0.717, 1.165) is 56.3 Å². The van der Waals surface area contributed by atoms with Gasteiger partial charge in [-0.2, -0.15) is 0 Å². The number of carbonyl (C=O) groups is 1. The summed E-state index contributed by atoms with van der Waals surface area (Å²) in [6.45, 7) is 5.82. The van der Waals surface area contributed by atoms with Gasteiger partial charge >= 0.3 is 0 Å². The third-order valence-electron chi connectivity index (χ3n) is 5.85. The quantitative estimate of drug-likeness (QED) is 0.692. The second kappa shape index (κ2) is 7.92. The minimum absolute atomic E-state index is 0.141. The van der Waals surface area contributed by atoms with Gasteiger partial charge in [0.2, 0.25) is 5.91 Å². The second-order valence-corrected chi connectivity index (χ2v) is 7.65. The van der Waals surface area contributed by atoms with E-state index in [0.29, 0.717) is 26.1 Å². The summed E-state index contributed by atoms with van der Waals surface area (Å²) >= 11 is 0. The van der Waals surface area contributed by atoms with Gasteiger partial charge in [0.1, 0.15) is 0 Å². The third kappa shape index (κ3) is 3.75. The molecule has 4 heterocycles. The molecule has 3 aromatic rings. The number of morpholine rings is 1. The molecule has 1 saturated heterocycles. The lowest BCUT2D eigenvalue weighted by atomic mass is 10.0. The van der Waals surface area contributed by atoms with Crippen molar-refractivity contribution in [1.29, 1.82) is 0 Å². The molecular weight excluding hydrogens is 370 g/mol. The van der Waals surface area contributed by atoms with Crippen LogP contribution in [0.5, 0.6) is 0 Å².